The summed E-state index contributed by atoms with van der Waals surface area (Å²) in [6.07, 6.45) is 2.60. The summed E-state index contributed by atoms with van der Waals surface area (Å²) in [6.45, 7) is 1.72. The molecule has 1 saturated heterocycles. The number of carbonyl (C=O) groups is 1. The van der Waals surface area contributed by atoms with Crippen LogP contribution in [0.1, 0.15) is 36.3 Å². The van der Waals surface area contributed by atoms with E-state index in [1.165, 1.54) is 0 Å². The molecule has 114 valence electrons. The average molecular weight is 295 g/mol. The van der Waals surface area contributed by atoms with E-state index in [1.54, 1.807) is 6.07 Å². The van der Waals surface area contributed by atoms with Crippen LogP contribution in [0.25, 0.3) is 0 Å². The van der Waals surface area contributed by atoms with Gasteiger partial charge in [-0.1, -0.05) is 48.5 Å². The maximum Gasteiger partial charge on any atom is 0.223 e. The van der Waals surface area contributed by atoms with E-state index < -0.39 is 0 Å². The first kappa shape index (κ1) is 14.6. The Bertz CT molecular complexity index is 633. The maximum atomic E-state index is 12.6. The Labute approximate surface area is 131 Å². The molecule has 3 nitrogen and oxygen atoms in total. The molecule has 3 rings (SSSR count). The SMILES string of the molecule is O=C(C[C@@H](c1ccccc1)c1ccccc1O)N1CCCC1. The van der Waals surface area contributed by atoms with Crippen molar-refractivity contribution in [3.8, 4) is 5.75 Å². The Balaban J connectivity index is 1.90. The number of hydrogen-bond donors (Lipinski definition) is 1. The number of aromatic hydroxyl groups is 1. The van der Waals surface area contributed by atoms with E-state index in [0.29, 0.717) is 6.42 Å². The van der Waals surface area contributed by atoms with Crippen LogP contribution in [0.3, 0.4) is 0 Å². The predicted octanol–water partition coefficient (Wildman–Crippen LogP) is 3.54. The van der Waals surface area contributed by atoms with Crippen molar-refractivity contribution in [2.75, 3.05) is 13.1 Å². The second-order valence-corrected chi connectivity index (χ2v) is 5.81. The van der Waals surface area contributed by atoms with Crippen molar-refractivity contribution in [2.24, 2.45) is 0 Å². The highest BCUT2D eigenvalue weighted by atomic mass is 16.3. The topological polar surface area (TPSA) is 40.5 Å². The summed E-state index contributed by atoms with van der Waals surface area (Å²) in [6, 6.07) is 17.3. The van der Waals surface area contributed by atoms with Crippen LogP contribution in [0.5, 0.6) is 5.75 Å². The third-order valence-corrected chi connectivity index (χ3v) is 4.35. The summed E-state index contributed by atoms with van der Waals surface area (Å²) in [5.41, 5.74) is 1.89. The van der Waals surface area contributed by atoms with Gasteiger partial charge in [-0.25, -0.2) is 0 Å². The van der Waals surface area contributed by atoms with Gasteiger partial charge in [0.05, 0.1) is 0 Å². The molecule has 0 spiro atoms. The summed E-state index contributed by atoms with van der Waals surface area (Å²) in [7, 11) is 0. The highest BCUT2D eigenvalue weighted by Crippen LogP contribution is 2.34. The molecule has 1 aliphatic rings. The fraction of sp³-hybridized carbons (Fsp3) is 0.316. The molecule has 2 aromatic carbocycles. The van der Waals surface area contributed by atoms with Crippen LogP contribution < -0.4 is 0 Å². The van der Waals surface area contributed by atoms with Crippen LogP contribution >= 0.6 is 0 Å². The molecular weight excluding hydrogens is 274 g/mol. The van der Waals surface area contributed by atoms with Crippen LogP contribution in [-0.4, -0.2) is 29.0 Å². The van der Waals surface area contributed by atoms with E-state index in [-0.39, 0.29) is 17.6 Å². The quantitative estimate of drug-likeness (QED) is 0.937. The molecule has 0 saturated carbocycles. The molecule has 1 heterocycles. The first-order chi connectivity index (χ1) is 10.8. The number of nitrogens with zero attached hydrogens (tertiary/aromatic N) is 1. The standard InChI is InChI=1S/C19H21NO2/c21-18-11-5-4-10-16(18)17(15-8-2-1-3-9-15)14-19(22)20-12-6-7-13-20/h1-5,8-11,17,21H,6-7,12-14H2/t17-/m0/s1. The molecule has 0 radical (unpaired) electrons. The second-order valence-electron chi connectivity index (χ2n) is 5.81. The smallest absolute Gasteiger partial charge is 0.223 e. The maximum absolute atomic E-state index is 12.6. The molecule has 22 heavy (non-hydrogen) atoms. The number of carbonyl (C=O) groups excluding carboxylic acids is 1. The van der Waals surface area contributed by atoms with Crippen LogP contribution in [-0.2, 0) is 4.79 Å². The van der Waals surface area contributed by atoms with E-state index in [4.69, 9.17) is 0 Å². The monoisotopic (exact) mass is 295 g/mol. The Morgan fingerprint density at radius 2 is 1.64 bits per heavy atom. The van der Waals surface area contributed by atoms with E-state index in [1.807, 2.05) is 53.4 Å². The van der Waals surface area contributed by atoms with Gasteiger partial charge < -0.3 is 10.0 Å². The Kier molecular flexibility index (Phi) is 4.42. The van der Waals surface area contributed by atoms with Crippen molar-refractivity contribution in [3.05, 3.63) is 65.7 Å². The minimum Gasteiger partial charge on any atom is -0.508 e. The van der Waals surface area contributed by atoms with Crippen molar-refractivity contribution in [2.45, 2.75) is 25.2 Å². The van der Waals surface area contributed by atoms with Crippen LogP contribution in [0, 0.1) is 0 Å². The van der Waals surface area contributed by atoms with Gasteiger partial charge in [-0.2, -0.15) is 0 Å². The first-order valence-corrected chi connectivity index (χ1v) is 7.86. The molecule has 1 N–H and O–H groups in total. The zero-order valence-electron chi connectivity index (χ0n) is 12.6. The van der Waals surface area contributed by atoms with Gasteiger partial charge >= 0.3 is 0 Å². The third kappa shape index (κ3) is 3.14. The zero-order chi connectivity index (χ0) is 15.4. The zero-order valence-corrected chi connectivity index (χ0v) is 12.6. The first-order valence-electron chi connectivity index (χ1n) is 7.86. The van der Waals surface area contributed by atoms with Crippen LogP contribution in [0.15, 0.2) is 54.6 Å². The number of rotatable bonds is 4. The molecule has 0 aliphatic carbocycles. The fourth-order valence-electron chi connectivity index (χ4n) is 3.15. The molecule has 2 aromatic rings. The molecule has 1 fully saturated rings. The van der Waals surface area contributed by atoms with Gasteiger partial charge in [-0.3, -0.25) is 4.79 Å². The van der Waals surface area contributed by atoms with Gasteiger partial charge in [0.2, 0.25) is 5.91 Å². The van der Waals surface area contributed by atoms with Crippen molar-refractivity contribution >= 4 is 5.91 Å². The van der Waals surface area contributed by atoms with Gasteiger partial charge in [-0.05, 0) is 24.5 Å². The highest BCUT2D eigenvalue weighted by Gasteiger charge is 2.25. The second kappa shape index (κ2) is 6.65. The molecule has 0 aromatic heterocycles. The van der Waals surface area contributed by atoms with Gasteiger partial charge in [0.1, 0.15) is 5.75 Å². The number of likely N-dealkylation sites (tertiary alicyclic amines) is 1. The van der Waals surface area contributed by atoms with Crippen molar-refractivity contribution in [1.82, 2.24) is 4.90 Å². The van der Waals surface area contributed by atoms with Gasteiger partial charge in [0.15, 0.2) is 0 Å². The summed E-state index contributed by atoms with van der Waals surface area (Å²) < 4.78 is 0. The highest BCUT2D eigenvalue weighted by molar-refractivity contribution is 5.78. The Morgan fingerprint density at radius 1 is 1.00 bits per heavy atom. The minimum absolute atomic E-state index is 0.101. The normalized spacial score (nSPS) is 15.7. The molecule has 0 bridgehead atoms. The fourth-order valence-corrected chi connectivity index (χ4v) is 3.15. The Morgan fingerprint density at radius 3 is 2.32 bits per heavy atom. The lowest BCUT2D eigenvalue weighted by Gasteiger charge is -2.22. The lowest BCUT2D eigenvalue weighted by Crippen LogP contribution is -2.29. The number of benzene rings is 2. The molecule has 1 atom stereocenters. The van der Waals surface area contributed by atoms with Crippen molar-refractivity contribution in [3.63, 3.8) is 0 Å². The lowest BCUT2D eigenvalue weighted by atomic mass is 9.87. The molecule has 1 amide bonds. The largest absolute Gasteiger partial charge is 0.508 e. The number of phenols is 1. The van der Waals surface area contributed by atoms with E-state index in [9.17, 15) is 9.90 Å². The van der Waals surface area contributed by atoms with Crippen molar-refractivity contribution < 1.29 is 9.90 Å². The van der Waals surface area contributed by atoms with E-state index in [0.717, 1.165) is 37.1 Å². The minimum atomic E-state index is -0.101. The van der Waals surface area contributed by atoms with Gasteiger partial charge in [0.25, 0.3) is 0 Å². The van der Waals surface area contributed by atoms with Crippen LogP contribution in [0.2, 0.25) is 0 Å². The number of phenolic OH excluding ortho intramolecular Hbond substituents is 1. The summed E-state index contributed by atoms with van der Waals surface area (Å²) in [5.74, 6) is 0.329. The predicted molar refractivity (Wildman–Crippen MR) is 86.8 cm³/mol. The summed E-state index contributed by atoms with van der Waals surface area (Å²) in [5, 5.41) is 10.2. The molecule has 1 aliphatic heterocycles. The Hall–Kier alpha value is -2.29. The third-order valence-electron chi connectivity index (χ3n) is 4.35. The molecule has 0 unspecified atom stereocenters. The van der Waals surface area contributed by atoms with E-state index >= 15 is 0 Å². The average Bonchev–Trinajstić information content (AvgIpc) is 3.09. The lowest BCUT2D eigenvalue weighted by molar-refractivity contribution is -0.130. The van der Waals surface area contributed by atoms with Gasteiger partial charge in [0, 0.05) is 31.0 Å². The number of hydrogen-bond acceptors (Lipinski definition) is 2. The number of amides is 1. The molecular formula is C19H21NO2. The number of para-hydroxylation sites is 1. The van der Waals surface area contributed by atoms with Crippen molar-refractivity contribution in [1.29, 1.82) is 0 Å². The summed E-state index contributed by atoms with van der Waals surface area (Å²) >= 11 is 0. The summed E-state index contributed by atoms with van der Waals surface area (Å²) in [4.78, 5) is 14.5. The van der Waals surface area contributed by atoms with Crippen LogP contribution in [0.4, 0.5) is 0 Å². The van der Waals surface area contributed by atoms with Gasteiger partial charge in [-0.15, -0.1) is 0 Å². The molecule has 3 heteroatoms. The van der Waals surface area contributed by atoms with E-state index in [2.05, 4.69) is 0 Å².